The molecule has 4 aromatic rings. The maximum atomic E-state index is 15.7. The molecule has 3 aliphatic heterocycles. The Morgan fingerprint density at radius 2 is 1.61 bits per heavy atom. The molecule has 9 atom stereocenters. The van der Waals surface area contributed by atoms with E-state index in [9.17, 15) is 23.7 Å². The van der Waals surface area contributed by atoms with Crippen LogP contribution in [-0.4, -0.2) is 92.6 Å². The zero-order valence-electron chi connectivity index (χ0n) is 22.0. The first-order valence-electron chi connectivity index (χ1n) is 12.8. The summed E-state index contributed by atoms with van der Waals surface area (Å²) in [5, 5.41) is 0. The number of nitrogens with zero attached hydrogens (tertiary/aromatic N) is 7. The molecule has 236 valence electrons. The SMILES string of the molecule is Nc1nc2c(ncn2[C@@H]2O[C@@H]3COP(=O)(O)OC4C[C@H](n5cnc6c(N)ncnc65)O[C@@H]4COP(=O)(O)O[C@H]2C3F)c(=O)[nH]1. The van der Waals surface area contributed by atoms with Gasteiger partial charge in [0.25, 0.3) is 5.56 Å². The molecule has 0 radical (unpaired) electrons. The number of ether oxygens (including phenoxy) is 2. The maximum Gasteiger partial charge on any atom is 0.472 e. The van der Waals surface area contributed by atoms with E-state index in [1.807, 2.05) is 0 Å². The summed E-state index contributed by atoms with van der Waals surface area (Å²) >= 11 is 0. The zero-order chi connectivity index (χ0) is 31.0. The molecule has 7 heterocycles. The number of nitrogens with two attached hydrogens (primary N) is 2. The van der Waals surface area contributed by atoms with Crippen molar-refractivity contribution in [3.8, 4) is 0 Å². The van der Waals surface area contributed by atoms with Gasteiger partial charge in [0.15, 0.2) is 35.0 Å². The first-order chi connectivity index (χ1) is 20.9. The molecule has 0 spiro atoms. The predicted molar refractivity (Wildman–Crippen MR) is 141 cm³/mol. The molecule has 0 amide bonds. The van der Waals surface area contributed by atoms with E-state index < -0.39 is 77.5 Å². The Labute approximate surface area is 243 Å². The molecule has 7 N–H and O–H groups in total. The molecule has 0 saturated carbocycles. The van der Waals surface area contributed by atoms with Gasteiger partial charge in [-0.25, -0.2) is 33.5 Å². The fourth-order valence-corrected chi connectivity index (χ4v) is 7.11. The number of nitrogens with one attached hydrogen (secondary N) is 1. The molecule has 3 saturated heterocycles. The Morgan fingerprint density at radius 3 is 2.41 bits per heavy atom. The summed E-state index contributed by atoms with van der Waals surface area (Å²) in [6, 6.07) is 0. The summed E-state index contributed by atoms with van der Waals surface area (Å²) in [6.07, 6.45) is -7.12. The van der Waals surface area contributed by atoms with Crippen LogP contribution in [0.5, 0.6) is 0 Å². The molecule has 3 aliphatic rings. The number of hydrogen-bond acceptors (Lipinski definition) is 16. The smallest absolute Gasteiger partial charge is 0.382 e. The van der Waals surface area contributed by atoms with Crippen molar-refractivity contribution < 1.29 is 50.9 Å². The van der Waals surface area contributed by atoms with Crippen LogP contribution in [0.2, 0.25) is 0 Å². The Balaban J connectivity index is 1.19. The van der Waals surface area contributed by atoms with Gasteiger partial charge >= 0.3 is 15.6 Å². The molecule has 24 heteroatoms. The molecule has 3 fully saturated rings. The number of nitrogen functional groups attached to an aromatic ring is 2. The number of H-pyrrole nitrogens is 1. The second-order valence-corrected chi connectivity index (χ2v) is 12.8. The number of phosphoric acid groups is 2. The van der Waals surface area contributed by atoms with E-state index in [0.29, 0.717) is 0 Å². The number of halogens is 1. The average Bonchev–Trinajstić information content (AvgIpc) is 3.72. The van der Waals surface area contributed by atoms with Gasteiger partial charge < -0.3 is 30.7 Å². The van der Waals surface area contributed by atoms with E-state index in [0.717, 1.165) is 10.9 Å². The van der Waals surface area contributed by atoms with Crippen molar-refractivity contribution in [2.45, 2.75) is 49.5 Å². The highest BCUT2D eigenvalue weighted by Crippen LogP contribution is 2.54. The highest BCUT2D eigenvalue weighted by atomic mass is 31.2. The normalized spacial score (nSPS) is 36.6. The third kappa shape index (κ3) is 5.17. The second kappa shape index (κ2) is 10.6. The third-order valence-corrected chi connectivity index (χ3v) is 9.19. The van der Waals surface area contributed by atoms with Crippen molar-refractivity contribution in [2.24, 2.45) is 0 Å². The van der Waals surface area contributed by atoms with Crippen LogP contribution in [0.25, 0.3) is 22.3 Å². The molecule has 44 heavy (non-hydrogen) atoms. The quantitative estimate of drug-likeness (QED) is 0.172. The number of rotatable bonds is 2. The fourth-order valence-electron chi connectivity index (χ4n) is 5.23. The molecular weight excluding hydrogens is 637 g/mol. The van der Waals surface area contributed by atoms with Crippen molar-refractivity contribution >= 4 is 49.7 Å². The molecule has 0 aromatic carbocycles. The minimum atomic E-state index is -5.09. The second-order valence-electron chi connectivity index (χ2n) is 9.98. The lowest BCUT2D eigenvalue weighted by molar-refractivity contribution is -0.0668. The minimum Gasteiger partial charge on any atom is -0.382 e. The van der Waals surface area contributed by atoms with Gasteiger partial charge in [0.2, 0.25) is 5.95 Å². The van der Waals surface area contributed by atoms with Gasteiger partial charge in [-0.15, -0.1) is 0 Å². The van der Waals surface area contributed by atoms with E-state index in [4.69, 9.17) is 39.0 Å². The van der Waals surface area contributed by atoms with Gasteiger partial charge in [0.05, 0.1) is 25.9 Å². The summed E-state index contributed by atoms with van der Waals surface area (Å²) in [5.41, 5.74) is 11.0. The highest BCUT2D eigenvalue weighted by Gasteiger charge is 2.53. The number of imidazole rings is 2. The van der Waals surface area contributed by atoms with Crippen LogP contribution in [0.1, 0.15) is 18.9 Å². The zero-order valence-corrected chi connectivity index (χ0v) is 23.8. The van der Waals surface area contributed by atoms with Gasteiger partial charge in [0, 0.05) is 6.42 Å². The van der Waals surface area contributed by atoms with Crippen molar-refractivity contribution in [2.75, 3.05) is 24.7 Å². The van der Waals surface area contributed by atoms with Gasteiger partial charge in [-0.1, -0.05) is 0 Å². The molecule has 4 aromatic heterocycles. The first-order valence-corrected chi connectivity index (χ1v) is 15.8. The molecule has 2 bridgehead atoms. The maximum absolute atomic E-state index is 15.7. The first kappa shape index (κ1) is 29.3. The van der Waals surface area contributed by atoms with Gasteiger partial charge in [-0.05, 0) is 0 Å². The Morgan fingerprint density at radius 1 is 0.909 bits per heavy atom. The lowest BCUT2D eigenvalue weighted by atomic mass is 10.1. The van der Waals surface area contributed by atoms with Gasteiger partial charge in [0.1, 0.15) is 42.5 Å². The number of fused-ring (bicyclic) bond motifs is 5. The third-order valence-electron chi connectivity index (χ3n) is 7.19. The fraction of sp³-hybridized carbons (Fsp3) is 0.500. The lowest BCUT2D eigenvalue weighted by Crippen LogP contribution is -2.32. The van der Waals surface area contributed by atoms with Crippen molar-refractivity contribution in [3.05, 3.63) is 29.3 Å². The van der Waals surface area contributed by atoms with E-state index >= 15 is 4.39 Å². The Kier molecular flexibility index (Phi) is 7.05. The number of aromatic amines is 1. The molecule has 21 nitrogen and oxygen atoms in total. The van der Waals surface area contributed by atoms with E-state index in [2.05, 4.69) is 29.9 Å². The number of alkyl halides is 1. The number of aromatic nitrogens is 8. The number of phosphoric ester groups is 2. The summed E-state index contributed by atoms with van der Waals surface area (Å²) in [4.78, 5) is 55.7. The minimum absolute atomic E-state index is 0.0901. The van der Waals surface area contributed by atoms with Crippen molar-refractivity contribution in [1.82, 2.24) is 39.0 Å². The van der Waals surface area contributed by atoms with Crippen LogP contribution in [0.3, 0.4) is 0 Å². The van der Waals surface area contributed by atoms with Crippen LogP contribution in [0.4, 0.5) is 16.2 Å². The van der Waals surface area contributed by atoms with E-state index in [-0.39, 0.29) is 40.5 Å². The summed E-state index contributed by atoms with van der Waals surface area (Å²) < 4.78 is 76.8. The largest absolute Gasteiger partial charge is 0.472 e. The van der Waals surface area contributed by atoms with Gasteiger partial charge in [-0.3, -0.25) is 37.0 Å². The van der Waals surface area contributed by atoms with E-state index in [1.54, 1.807) is 0 Å². The number of hydrogen-bond donors (Lipinski definition) is 5. The lowest BCUT2D eigenvalue weighted by Gasteiger charge is -2.25. The summed E-state index contributed by atoms with van der Waals surface area (Å²) in [6.45, 7) is -1.56. The van der Waals surface area contributed by atoms with Crippen LogP contribution < -0.4 is 17.0 Å². The highest BCUT2D eigenvalue weighted by molar-refractivity contribution is 7.47. The standard InChI is InChI=1S/C20H23FN10O11P2/c21-11-9-3-38-43(33,34)41-7-1-10(30-5-26-12-15(22)24-4-25-16(12)30)39-8(7)2-37-44(35,36)42-14(11)19(40-9)31-6-27-13-17(31)28-20(23)29-18(13)32/h4-11,14,19H,1-3H2,(H,33,34)(H,35,36)(H2,22,24,25)(H3,23,28,29,32)/t7?,8-,9-,10-,11?,14+,19-/m1/s1. The van der Waals surface area contributed by atoms with Crippen molar-refractivity contribution in [1.29, 1.82) is 0 Å². The average molecular weight is 660 g/mol. The van der Waals surface area contributed by atoms with E-state index in [1.165, 1.54) is 17.2 Å². The van der Waals surface area contributed by atoms with Gasteiger partial charge in [-0.2, -0.15) is 4.98 Å². The summed E-state index contributed by atoms with van der Waals surface area (Å²) in [5.74, 6) is -0.186. The van der Waals surface area contributed by atoms with Crippen LogP contribution >= 0.6 is 15.6 Å². The summed E-state index contributed by atoms with van der Waals surface area (Å²) in [7, 11) is -10.0. The molecule has 7 rings (SSSR count). The van der Waals surface area contributed by atoms with Crippen LogP contribution in [-0.2, 0) is 36.7 Å². The molecule has 0 aliphatic carbocycles. The van der Waals surface area contributed by atoms with Crippen LogP contribution in [0, 0.1) is 0 Å². The topological polar surface area (TPSA) is 289 Å². The number of anilines is 2. The monoisotopic (exact) mass is 660 g/mol. The van der Waals surface area contributed by atoms with Crippen molar-refractivity contribution in [3.63, 3.8) is 0 Å². The Hall–Kier alpha value is -3.43. The predicted octanol–water partition coefficient (Wildman–Crippen LogP) is -0.335. The molecule has 4 unspecified atom stereocenters. The Bertz CT molecular complexity index is 1900. The molecular formula is C20H23FN10O11P2. The van der Waals surface area contributed by atoms with Crippen LogP contribution in [0.15, 0.2) is 23.8 Å².